The van der Waals surface area contributed by atoms with Crippen molar-refractivity contribution in [3.05, 3.63) is 60.1 Å². The lowest BCUT2D eigenvalue weighted by Gasteiger charge is -2.37. The zero-order chi connectivity index (χ0) is 20.5. The normalized spacial score (nSPS) is 16.3. The van der Waals surface area contributed by atoms with E-state index in [1.165, 1.54) is 5.56 Å². The molecular formula is C21H24N8O. The van der Waals surface area contributed by atoms with E-state index in [2.05, 4.69) is 54.1 Å². The third-order valence-electron chi connectivity index (χ3n) is 5.72. The maximum atomic E-state index is 5.58. The summed E-state index contributed by atoms with van der Waals surface area (Å²) in [4.78, 5) is 18.2. The van der Waals surface area contributed by atoms with Gasteiger partial charge in [-0.05, 0) is 12.5 Å². The van der Waals surface area contributed by atoms with Crippen molar-refractivity contribution in [2.45, 2.75) is 19.4 Å². The summed E-state index contributed by atoms with van der Waals surface area (Å²) < 4.78 is 7.35. The van der Waals surface area contributed by atoms with Gasteiger partial charge in [-0.25, -0.2) is 9.97 Å². The van der Waals surface area contributed by atoms with Crippen LogP contribution in [0.3, 0.4) is 0 Å². The number of rotatable bonds is 5. The Morgan fingerprint density at radius 3 is 2.67 bits per heavy atom. The fourth-order valence-electron chi connectivity index (χ4n) is 3.97. The minimum Gasteiger partial charge on any atom is -0.353 e. The van der Waals surface area contributed by atoms with Gasteiger partial charge in [-0.1, -0.05) is 35.5 Å². The molecular weight excluding hydrogens is 380 g/mol. The van der Waals surface area contributed by atoms with E-state index < -0.39 is 0 Å². The lowest BCUT2D eigenvalue weighted by molar-refractivity contribution is 0.164. The van der Waals surface area contributed by atoms with Crippen molar-refractivity contribution in [2.75, 3.05) is 31.1 Å². The van der Waals surface area contributed by atoms with E-state index >= 15 is 0 Å². The van der Waals surface area contributed by atoms with Crippen LogP contribution < -0.4 is 4.90 Å². The van der Waals surface area contributed by atoms with Crippen molar-refractivity contribution >= 4 is 16.9 Å². The Morgan fingerprint density at radius 1 is 1.07 bits per heavy atom. The van der Waals surface area contributed by atoms with Gasteiger partial charge in [0.15, 0.2) is 11.5 Å². The quantitative estimate of drug-likeness (QED) is 0.500. The Kier molecular flexibility index (Phi) is 4.88. The monoisotopic (exact) mass is 404 g/mol. The van der Waals surface area contributed by atoms with Gasteiger partial charge < -0.3 is 9.42 Å². The summed E-state index contributed by atoms with van der Waals surface area (Å²) in [5, 5.41) is 9.48. The smallest absolute Gasteiger partial charge is 0.243 e. The third kappa shape index (κ3) is 3.52. The highest BCUT2D eigenvalue weighted by atomic mass is 16.5. The standard InChI is InChI=1S/C21H24N8O/c1-15(21-25-18(26-30-21)12-16-6-4-3-5-7-16)28-8-10-29(11-9-28)20-17-13-24-27(2)19(17)22-14-23-20/h3-7,13-15H,8-12H2,1-2H3/t15-/m1/s1. The molecule has 0 unspecified atom stereocenters. The second-order valence-corrected chi connectivity index (χ2v) is 7.61. The molecule has 9 heteroatoms. The van der Waals surface area contributed by atoms with E-state index in [0.717, 1.165) is 48.9 Å². The first-order chi connectivity index (χ1) is 14.7. The molecule has 0 N–H and O–H groups in total. The number of nitrogens with zero attached hydrogens (tertiary/aromatic N) is 8. The zero-order valence-electron chi connectivity index (χ0n) is 17.1. The van der Waals surface area contributed by atoms with Crippen LogP contribution in [0.5, 0.6) is 0 Å². The van der Waals surface area contributed by atoms with E-state index in [1.807, 2.05) is 31.4 Å². The topological polar surface area (TPSA) is 89.0 Å². The van der Waals surface area contributed by atoms with Crippen LogP contribution >= 0.6 is 0 Å². The van der Waals surface area contributed by atoms with Gasteiger partial charge in [0.1, 0.15) is 12.1 Å². The highest BCUT2D eigenvalue weighted by molar-refractivity contribution is 5.86. The van der Waals surface area contributed by atoms with Crippen molar-refractivity contribution in [3.8, 4) is 0 Å². The van der Waals surface area contributed by atoms with Gasteiger partial charge in [-0.3, -0.25) is 9.58 Å². The third-order valence-corrected chi connectivity index (χ3v) is 5.72. The van der Waals surface area contributed by atoms with Crippen LogP contribution in [0, 0.1) is 0 Å². The van der Waals surface area contributed by atoms with Crippen LogP contribution in [0.1, 0.15) is 30.2 Å². The van der Waals surface area contributed by atoms with Crippen LogP contribution in [-0.2, 0) is 13.5 Å². The minimum atomic E-state index is 0.0768. The molecule has 0 spiro atoms. The zero-order valence-corrected chi connectivity index (χ0v) is 17.1. The molecule has 1 fully saturated rings. The predicted octanol–water partition coefficient (Wildman–Crippen LogP) is 2.22. The van der Waals surface area contributed by atoms with Crippen molar-refractivity contribution in [1.82, 2.24) is 34.8 Å². The van der Waals surface area contributed by atoms with Gasteiger partial charge in [0.05, 0.1) is 17.6 Å². The molecule has 0 amide bonds. The first-order valence-corrected chi connectivity index (χ1v) is 10.2. The average Bonchev–Trinajstić information content (AvgIpc) is 3.41. The molecule has 5 rings (SSSR count). The van der Waals surface area contributed by atoms with Crippen molar-refractivity contribution in [3.63, 3.8) is 0 Å². The molecule has 1 aliphatic rings. The molecule has 154 valence electrons. The summed E-state index contributed by atoms with van der Waals surface area (Å²) >= 11 is 0. The summed E-state index contributed by atoms with van der Waals surface area (Å²) in [6.07, 6.45) is 4.13. The summed E-state index contributed by atoms with van der Waals surface area (Å²) in [6, 6.07) is 10.3. The fraction of sp³-hybridized carbons (Fsp3) is 0.381. The predicted molar refractivity (Wildman–Crippen MR) is 112 cm³/mol. The number of fused-ring (bicyclic) bond motifs is 1. The summed E-state index contributed by atoms with van der Waals surface area (Å²) in [5.41, 5.74) is 2.03. The molecule has 0 radical (unpaired) electrons. The maximum absolute atomic E-state index is 5.58. The number of aromatic nitrogens is 6. The van der Waals surface area contributed by atoms with Gasteiger partial charge >= 0.3 is 0 Å². The fourth-order valence-corrected chi connectivity index (χ4v) is 3.97. The highest BCUT2D eigenvalue weighted by Gasteiger charge is 2.27. The van der Waals surface area contributed by atoms with E-state index in [9.17, 15) is 0 Å². The Balaban J connectivity index is 1.24. The molecule has 30 heavy (non-hydrogen) atoms. The second-order valence-electron chi connectivity index (χ2n) is 7.61. The SMILES string of the molecule is C[C@H](c1nc(Cc2ccccc2)no1)N1CCN(c2ncnc3c2cnn3C)CC1. The lowest BCUT2D eigenvalue weighted by atomic mass is 10.1. The molecule has 1 aromatic carbocycles. The summed E-state index contributed by atoms with van der Waals surface area (Å²) in [6.45, 7) is 5.65. The largest absolute Gasteiger partial charge is 0.353 e. The number of hydrogen-bond acceptors (Lipinski definition) is 8. The summed E-state index contributed by atoms with van der Waals surface area (Å²) in [5.74, 6) is 2.34. The molecule has 1 aliphatic heterocycles. The van der Waals surface area contributed by atoms with Gasteiger partial charge in [-0.15, -0.1) is 0 Å². The van der Waals surface area contributed by atoms with Crippen molar-refractivity contribution in [2.24, 2.45) is 7.05 Å². The van der Waals surface area contributed by atoms with Gasteiger partial charge in [0.2, 0.25) is 5.89 Å². The van der Waals surface area contributed by atoms with Gasteiger partial charge in [-0.2, -0.15) is 10.1 Å². The van der Waals surface area contributed by atoms with E-state index in [4.69, 9.17) is 4.52 Å². The lowest BCUT2D eigenvalue weighted by Crippen LogP contribution is -2.47. The molecule has 1 saturated heterocycles. The summed E-state index contributed by atoms with van der Waals surface area (Å²) in [7, 11) is 1.90. The second kappa shape index (κ2) is 7.83. The Hall–Kier alpha value is -3.33. The van der Waals surface area contributed by atoms with E-state index in [1.54, 1.807) is 11.0 Å². The van der Waals surface area contributed by atoms with Crippen LogP contribution in [-0.4, -0.2) is 61.0 Å². The molecule has 4 heterocycles. The average molecular weight is 404 g/mol. The van der Waals surface area contributed by atoms with Crippen LogP contribution in [0.25, 0.3) is 11.0 Å². The van der Waals surface area contributed by atoms with Crippen LogP contribution in [0.15, 0.2) is 47.4 Å². The Morgan fingerprint density at radius 2 is 1.87 bits per heavy atom. The minimum absolute atomic E-state index is 0.0768. The number of piperazine rings is 1. The van der Waals surface area contributed by atoms with Crippen molar-refractivity contribution < 1.29 is 4.52 Å². The molecule has 4 aromatic rings. The molecule has 1 atom stereocenters. The van der Waals surface area contributed by atoms with Crippen molar-refractivity contribution in [1.29, 1.82) is 0 Å². The molecule has 0 bridgehead atoms. The van der Waals surface area contributed by atoms with E-state index in [-0.39, 0.29) is 6.04 Å². The van der Waals surface area contributed by atoms with Gasteiger partial charge in [0, 0.05) is 39.6 Å². The molecule has 3 aromatic heterocycles. The van der Waals surface area contributed by atoms with E-state index in [0.29, 0.717) is 12.3 Å². The Bertz CT molecular complexity index is 1130. The molecule has 0 aliphatic carbocycles. The first kappa shape index (κ1) is 18.7. The maximum Gasteiger partial charge on any atom is 0.243 e. The molecule has 0 saturated carbocycles. The van der Waals surface area contributed by atoms with Gasteiger partial charge in [0.25, 0.3) is 0 Å². The Labute approximate surface area is 174 Å². The molecule has 9 nitrogen and oxygen atoms in total. The number of benzene rings is 1. The van der Waals surface area contributed by atoms with Crippen LogP contribution in [0.4, 0.5) is 5.82 Å². The van der Waals surface area contributed by atoms with Crippen LogP contribution in [0.2, 0.25) is 0 Å². The number of aryl methyl sites for hydroxylation is 1. The number of hydrogen-bond donors (Lipinski definition) is 0. The highest BCUT2D eigenvalue weighted by Crippen LogP contribution is 2.26. The first-order valence-electron chi connectivity index (χ1n) is 10.2. The number of anilines is 1.